The molecule has 0 amide bonds. The Bertz CT molecular complexity index is 461. The fraction of sp³-hybridized carbons (Fsp3) is 0.571. The van der Waals surface area contributed by atoms with Crippen LogP contribution in [-0.4, -0.2) is 32.7 Å². The fourth-order valence-electron chi connectivity index (χ4n) is 1.82. The first kappa shape index (κ1) is 15.9. The van der Waals surface area contributed by atoms with Crippen LogP contribution in [0, 0.1) is 0 Å². The molecular formula is C14H18F3NO3. The molecule has 0 saturated heterocycles. The molecule has 0 unspecified atom stereocenters. The van der Waals surface area contributed by atoms with Crippen LogP contribution in [0.5, 0.6) is 11.5 Å². The standard InChI is InChI=1S/C14H18F3NO3/c1-19-12-4-2-3-10(7-18-11-5-6-11)13(12)21-9-20-8-14(15,16)17/h2-4,11,18H,5-9H2,1H3. The van der Waals surface area contributed by atoms with Crippen molar-refractivity contribution in [2.45, 2.75) is 31.6 Å². The molecule has 21 heavy (non-hydrogen) atoms. The Kier molecular flexibility index (Phi) is 5.30. The second kappa shape index (κ2) is 7.00. The van der Waals surface area contributed by atoms with Crippen LogP contribution in [0.4, 0.5) is 13.2 Å². The van der Waals surface area contributed by atoms with Crippen molar-refractivity contribution in [3.05, 3.63) is 23.8 Å². The minimum atomic E-state index is -4.36. The molecule has 118 valence electrons. The van der Waals surface area contributed by atoms with E-state index in [0.717, 1.165) is 18.4 Å². The third-order valence-electron chi connectivity index (χ3n) is 2.99. The number of rotatable bonds is 8. The third kappa shape index (κ3) is 5.43. The molecule has 0 aliphatic heterocycles. The molecule has 1 aliphatic rings. The monoisotopic (exact) mass is 305 g/mol. The molecule has 4 nitrogen and oxygen atoms in total. The molecule has 0 aromatic heterocycles. The summed E-state index contributed by atoms with van der Waals surface area (Å²) in [4.78, 5) is 0. The maximum atomic E-state index is 12.0. The van der Waals surface area contributed by atoms with E-state index < -0.39 is 19.6 Å². The summed E-state index contributed by atoms with van der Waals surface area (Å²) in [6.07, 6.45) is -2.07. The molecule has 7 heteroatoms. The summed E-state index contributed by atoms with van der Waals surface area (Å²) < 4.78 is 51.0. The van der Waals surface area contributed by atoms with E-state index in [9.17, 15) is 13.2 Å². The maximum absolute atomic E-state index is 12.0. The quantitative estimate of drug-likeness (QED) is 0.592. The van der Waals surface area contributed by atoms with Crippen LogP contribution in [-0.2, 0) is 11.3 Å². The van der Waals surface area contributed by atoms with Gasteiger partial charge in [-0.3, -0.25) is 0 Å². The van der Waals surface area contributed by atoms with Crippen molar-refractivity contribution in [1.82, 2.24) is 5.32 Å². The van der Waals surface area contributed by atoms with E-state index in [-0.39, 0.29) is 0 Å². The predicted octanol–water partition coefficient (Wildman–Crippen LogP) is 2.86. The highest BCUT2D eigenvalue weighted by Crippen LogP contribution is 2.32. The number of alkyl halides is 3. The van der Waals surface area contributed by atoms with Gasteiger partial charge in [0.1, 0.15) is 6.61 Å². The highest BCUT2D eigenvalue weighted by molar-refractivity contribution is 5.46. The molecule has 1 N–H and O–H groups in total. The Balaban J connectivity index is 1.93. The van der Waals surface area contributed by atoms with Gasteiger partial charge < -0.3 is 19.5 Å². The number of ether oxygens (including phenoxy) is 3. The molecule has 1 aromatic rings. The van der Waals surface area contributed by atoms with E-state index in [2.05, 4.69) is 10.1 Å². The molecule has 2 rings (SSSR count). The Morgan fingerprint density at radius 1 is 1.29 bits per heavy atom. The molecular weight excluding hydrogens is 287 g/mol. The smallest absolute Gasteiger partial charge is 0.411 e. The zero-order valence-corrected chi connectivity index (χ0v) is 11.7. The first-order valence-corrected chi connectivity index (χ1v) is 6.66. The summed E-state index contributed by atoms with van der Waals surface area (Å²) in [6.45, 7) is -1.23. The number of halogens is 3. The lowest BCUT2D eigenvalue weighted by atomic mass is 10.2. The van der Waals surface area contributed by atoms with Crippen molar-refractivity contribution >= 4 is 0 Å². The average Bonchev–Trinajstić information content (AvgIpc) is 3.24. The summed E-state index contributed by atoms with van der Waals surface area (Å²) in [5.41, 5.74) is 0.830. The van der Waals surface area contributed by atoms with Crippen LogP contribution in [0.15, 0.2) is 18.2 Å². The zero-order chi connectivity index (χ0) is 15.3. The molecule has 0 atom stereocenters. The second-order valence-electron chi connectivity index (χ2n) is 4.83. The van der Waals surface area contributed by atoms with Gasteiger partial charge in [-0.15, -0.1) is 0 Å². The second-order valence-corrected chi connectivity index (χ2v) is 4.83. The first-order chi connectivity index (χ1) is 9.99. The lowest BCUT2D eigenvalue weighted by Gasteiger charge is -2.16. The van der Waals surface area contributed by atoms with Crippen LogP contribution < -0.4 is 14.8 Å². The number of hydrogen-bond acceptors (Lipinski definition) is 4. The minimum absolute atomic E-state index is 0.412. The van der Waals surface area contributed by atoms with E-state index in [0.29, 0.717) is 24.1 Å². The molecule has 1 fully saturated rings. The summed E-state index contributed by atoms with van der Waals surface area (Å²) in [7, 11) is 1.48. The van der Waals surface area contributed by atoms with E-state index in [1.807, 2.05) is 12.1 Å². The van der Waals surface area contributed by atoms with Crippen molar-refractivity contribution in [2.75, 3.05) is 20.5 Å². The van der Waals surface area contributed by atoms with Crippen LogP contribution in [0.25, 0.3) is 0 Å². The normalized spacial score (nSPS) is 15.0. The average molecular weight is 305 g/mol. The van der Waals surface area contributed by atoms with Gasteiger partial charge in [0.25, 0.3) is 0 Å². The van der Waals surface area contributed by atoms with Gasteiger partial charge >= 0.3 is 6.18 Å². The van der Waals surface area contributed by atoms with Crippen LogP contribution in [0.3, 0.4) is 0 Å². The zero-order valence-electron chi connectivity index (χ0n) is 11.7. The summed E-state index contributed by atoms with van der Waals surface area (Å²) in [5.74, 6) is 0.885. The Morgan fingerprint density at radius 2 is 2.05 bits per heavy atom. The van der Waals surface area contributed by atoms with E-state index in [1.54, 1.807) is 6.07 Å². The van der Waals surface area contributed by atoms with Crippen LogP contribution >= 0.6 is 0 Å². The molecule has 0 bridgehead atoms. The minimum Gasteiger partial charge on any atom is -0.493 e. The number of benzene rings is 1. The van der Waals surface area contributed by atoms with Crippen LogP contribution in [0.1, 0.15) is 18.4 Å². The van der Waals surface area contributed by atoms with Gasteiger partial charge in [-0.05, 0) is 18.9 Å². The molecule has 0 spiro atoms. The molecule has 1 aromatic carbocycles. The van der Waals surface area contributed by atoms with Crippen molar-refractivity contribution < 1.29 is 27.4 Å². The van der Waals surface area contributed by atoms with Crippen LogP contribution in [0.2, 0.25) is 0 Å². The SMILES string of the molecule is COc1cccc(CNC2CC2)c1OCOCC(F)(F)F. The lowest BCUT2D eigenvalue weighted by molar-refractivity contribution is -0.186. The first-order valence-electron chi connectivity index (χ1n) is 6.66. The Morgan fingerprint density at radius 3 is 2.67 bits per heavy atom. The summed E-state index contributed by atoms with van der Waals surface area (Å²) in [6, 6.07) is 5.87. The fourth-order valence-corrected chi connectivity index (χ4v) is 1.82. The van der Waals surface area contributed by atoms with E-state index in [1.165, 1.54) is 7.11 Å². The molecule has 0 heterocycles. The largest absolute Gasteiger partial charge is 0.493 e. The van der Waals surface area contributed by atoms with E-state index >= 15 is 0 Å². The number of hydrogen-bond donors (Lipinski definition) is 1. The van der Waals surface area contributed by atoms with Crippen molar-refractivity contribution in [2.24, 2.45) is 0 Å². The summed E-state index contributed by atoms with van der Waals surface area (Å²) >= 11 is 0. The van der Waals surface area contributed by atoms with Gasteiger partial charge in [0.2, 0.25) is 0 Å². The highest BCUT2D eigenvalue weighted by Gasteiger charge is 2.27. The van der Waals surface area contributed by atoms with Gasteiger partial charge in [0, 0.05) is 18.2 Å². The summed E-state index contributed by atoms with van der Waals surface area (Å²) in [5, 5.41) is 3.32. The van der Waals surface area contributed by atoms with Crippen molar-refractivity contribution in [3.8, 4) is 11.5 Å². The third-order valence-corrected chi connectivity index (χ3v) is 2.99. The van der Waals surface area contributed by atoms with Gasteiger partial charge in [0.05, 0.1) is 7.11 Å². The topological polar surface area (TPSA) is 39.7 Å². The Labute approximate surface area is 121 Å². The molecule has 1 aliphatic carbocycles. The Hall–Kier alpha value is -1.47. The predicted molar refractivity (Wildman–Crippen MR) is 70.4 cm³/mol. The lowest BCUT2D eigenvalue weighted by Crippen LogP contribution is -2.20. The van der Waals surface area contributed by atoms with Gasteiger partial charge in [-0.2, -0.15) is 13.2 Å². The number of nitrogens with one attached hydrogen (secondary N) is 1. The van der Waals surface area contributed by atoms with E-state index in [4.69, 9.17) is 9.47 Å². The highest BCUT2D eigenvalue weighted by atomic mass is 19.4. The van der Waals surface area contributed by atoms with Gasteiger partial charge in [-0.25, -0.2) is 0 Å². The number of methoxy groups -OCH3 is 1. The molecule has 1 saturated carbocycles. The number of para-hydroxylation sites is 1. The molecule has 0 radical (unpaired) electrons. The van der Waals surface area contributed by atoms with Crippen molar-refractivity contribution in [3.63, 3.8) is 0 Å². The maximum Gasteiger partial charge on any atom is 0.411 e. The van der Waals surface area contributed by atoms with Gasteiger partial charge in [-0.1, -0.05) is 12.1 Å². The van der Waals surface area contributed by atoms with Gasteiger partial charge in [0.15, 0.2) is 18.3 Å². The van der Waals surface area contributed by atoms with Crippen molar-refractivity contribution in [1.29, 1.82) is 0 Å².